The van der Waals surface area contributed by atoms with Crippen molar-refractivity contribution in [2.75, 3.05) is 39.4 Å². The zero-order valence-electron chi connectivity index (χ0n) is 18.3. The molecule has 0 radical (unpaired) electrons. The second-order valence-electron chi connectivity index (χ2n) is 8.20. The van der Waals surface area contributed by atoms with E-state index in [2.05, 4.69) is 63.6 Å². The molecule has 30 heavy (non-hydrogen) atoms. The van der Waals surface area contributed by atoms with Crippen LogP contribution in [0, 0.1) is 13.8 Å². The standard InChI is InChI=1S/C23H33N5OS/c1-4-27-17(2)16-19(18(27)3)22-21(20-8-5-6-9-24-20)25-23(30)28(22)11-7-10-26-12-14-29-15-13-26/h5-6,8-9,16,21-22H,4,7,10-15H2,1-3H3,(H,25,30)/t21-,22-/m1/s1. The Morgan fingerprint density at radius 1 is 1.20 bits per heavy atom. The monoisotopic (exact) mass is 427 g/mol. The number of aromatic nitrogens is 2. The second kappa shape index (κ2) is 9.45. The minimum atomic E-state index is 0.0629. The summed E-state index contributed by atoms with van der Waals surface area (Å²) in [6, 6.07) is 8.68. The minimum Gasteiger partial charge on any atom is -0.379 e. The Morgan fingerprint density at radius 2 is 2.00 bits per heavy atom. The summed E-state index contributed by atoms with van der Waals surface area (Å²) in [5, 5.41) is 4.42. The molecule has 0 spiro atoms. The minimum absolute atomic E-state index is 0.0629. The molecule has 2 aliphatic heterocycles. The van der Waals surface area contributed by atoms with Gasteiger partial charge < -0.3 is 19.5 Å². The van der Waals surface area contributed by atoms with Crippen LogP contribution in [-0.2, 0) is 11.3 Å². The number of pyridine rings is 1. The maximum atomic E-state index is 5.82. The summed E-state index contributed by atoms with van der Waals surface area (Å²) < 4.78 is 7.87. The molecule has 2 aliphatic rings. The fourth-order valence-electron chi connectivity index (χ4n) is 4.89. The molecule has 7 heteroatoms. The van der Waals surface area contributed by atoms with Crippen LogP contribution >= 0.6 is 12.2 Å². The van der Waals surface area contributed by atoms with Crippen LogP contribution in [0.3, 0.4) is 0 Å². The average molecular weight is 428 g/mol. The van der Waals surface area contributed by atoms with Crippen molar-refractivity contribution in [1.29, 1.82) is 0 Å². The van der Waals surface area contributed by atoms with Gasteiger partial charge in [0.15, 0.2) is 5.11 Å². The predicted molar refractivity (Wildman–Crippen MR) is 124 cm³/mol. The third-order valence-corrected chi connectivity index (χ3v) is 6.77. The first-order valence-electron chi connectivity index (χ1n) is 11.0. The van der Waals surface area contributed by atoms with E-state index in [4.69, 9.17) is 17.0 Å². The first-order chi connectivity index (χ1) is 14.6. The Labute approximate surface area is 185 Å². The van der Waals surface area contributed by atoms with Crippen LogP contribution in [0.15, 0.2) is 30.5 Å². The van der Waals surface area contributed by atoms with Gasteiger partial charge in [0.25, 0.3) is 0 Å². The zero-order chi connectivity index (χ0) is 21.1. The Bertz CT molecular complexity index is 862. The van der Waals surface area contributed by atoms with Gasteiger partial charge in [-0.2, -0.15) is 0 Å². The van der Waals surface area contributed by atoms with Crippen LogP contribution in [0.5, 0.6) is 0 Å². The summed E-state index contributed by atoms with van der Waals surface area (Å²) in [4.78, 5) is 9.54. The summed E-state index contributed by atoms with van der Waals surface area (Å²) in [6.07, 6.45) is 2.95. The molecule has 1 N–H and O–H groups in total. The molecule has 0 aromatic carbocycles. The van der Waals surface area contributed by atoms with Gasteiger partial charge in [-0.05, 0) is 63.2 Å². The summed E-state index contributed by atoms with van der Waals surface area (Å²) in [5.41, 5.74) is 5.02. The first kappa shape index (κ1) is 21.3. The second-order valence-corrected chi connectivity index (χ2v) is 8.58. The van der Waals surface area contributed by atoms with Crippen molar-refractivity contribution < 1.29 is 4.74 Å². The highest BCUT2D eigenvalue weighted by Gasteiger charge is 2.41. The van der Waals surface area contributed by atoms with Gasteiger partial charge in [-0.25, -0.2) is 0 Å². The molecule has 0 aliphatic carbocycles. The van der Waals surface area contributed by atoms with Crippen LogP contribution in [-0.4, -0.2) is 63.9 Å². The normalized spacial score (nSPS) is 22.5. The Kier molecular flexibility index (Phi) is 6.71. The molecule has 2 aromatic heterocycles. The Morgan fingerprint density at radius 3 is 2.67 bits per heavy atom. The van der Waals surface area contributed by atoms with Crippen LogP contribution in [0.1, 0.15) is 48.1 Å². The largest absolute Gasteiger partial charge is 0.379 e. The topological polar surface area (TPSA) is 45.6 Å². The SMILES string of the molecule is CCn1c(C)cc([C@@H]2[C@@H](c3ccccn3)NC(=S)N2CCCN2CCOCC2)c1C. The van der Waals surface area contributed by atoms with Crippen molar-refractivity contribution in [3.8, 4) is 0 Å². The van der Waals surface area contributed by atoms with E-state index < -0.39 is 0 Å². The number of ether oxygens (including phenoxy) is 1. The number of aryl methyl sites for hydroxylation is 1. The van der Waals surface area contributed by atoms with E-state index in [1.165, 1.54) is 17.0 Å². The lowest BCUT2D eigenvalue weighted by Gasteiger charge is -2.30. The van der Waals surface area contributed by atoms with Crippen LogP contribution < -0.4 is 5.32 Å². The molecule has 0 saturated carbocycles. The van der Waals surface area contributed by atoms with Gasteiger partial charge >= 0.3 is 0 Å². The van der Waals surface area contributed by atoms with Crippen molar-refractivity contribution in [2.24, 2.45) is 0 Å². The molecule has 0 amide bonds. The van der Waals surface area contributed by atoms with Crippen LogP contribution in [0.4, 0.5) is 0 Å². The van der Waals surface area contributed by atoms with Gasteiger partial charge in [-0.1, -0.05) is 6.07 Å². The molecule has 2 atom stereocenters. The molecule has 162 valence electrons. The molecule has 0 unspecified atom stereocenters. The number of hydrogen-bond donors (Lipinski definition) is 1. The molecule has 4 rings (SSSR count). The first-order valence-corrected chi connectivity index (χ1v) is 11.5. The fraction of sp³-hybridized carbons (Fsp3) is 0.565. The Balaban J connectivity index is 1.59. The van der Waals surface area contributed by atoms with Crippen LogP contribution in [0.25, 0.3) is 0 Å². The molecule has 6 nitrogen and oxygen atoms in total. The van der Waals surface area contributed by atoms with Crippen molar-refractivity contribution in [2.45, 2.75) is 45.8 Å². The van der Waals surface area contributed by atoms with Crippen molar-refractivity contribution in [1.82, 2.24) is 24.7 Å². The third kappa shape index (κ3) is 4.24. The summed E-state index contributed by atoms with van der Waals surface area (Å²) >= 11 is 5.82. The van der Waals surface area contributed by atoms with Crippen molar-refractivity contribution >= 4 is 17.3 Å². The van der Waals surface area contributed by atoms with E-state index in [1.807, 2.05) is 12.3 Å². The highest BCUT2D eigenvalue weighted by molar-refractivity contribution is 7.80. The van der Waals surface area contributed by atoms with Crippen molar-refractivity contribution in [3.05, 3.63) is 53.1 Å². The molecule has 2 saturated heterocycles. The highest BCUT2D eigenvalue weighted by Crippen LogP contribution is 2.40. The molecule has 4 heterocycles. The van der Waals surface area contributed by atoms with Gasteiger partial charge in [0.05, 0.1) is 31.0 Å². The van der Waals surface area contributed by atoms with Gasteiger partial charge in [0, 0.05) is 50.3 Å². The molecule has 2 aromatic rings. The number of nitrogens with one attached hydrogen (secondary N) is 1. The van der Waals surface area contributed by atoms with E-state index >= 15 is 0 Å². The lowest BCUT2D eigenvalue weighted by Crippen LogP contribution is -2.39. The number of hydrogen-bond acceptors (Lipinski definition) is 4. The average Bonchev–Trinajstić information content (AvgIpc) is 3.24. The molecule has 2 fully saturated rings. The number of nitrogens with zero attached hydrogens (tertiary/aromatic N) is 4. The fourth-order valence-corrected chi connectivity index (χ4v) is 5.22. The van der Waals surface area contributed by atoms with E-state index in [0.717, 1.165) is 63.2 Å². The van der Waals surface area contributed by atoms with Crippen LogP contribution in [0.2, 0.25) is 0 Å². The van der Waals surface area contributed by atoms with E-state index in [-0.39, 0.29) is 12.1 Å². The number of thiocarbonyl (C=S) groups is 1. The van der Waals surface area contributed by atoms with Crippen molar-refractivity contribution in [3.63, 3.8) is 0 Å². The molecular weight excluding hydrogens is 394 g/mol. The van der Waals surface area contributed by atoms with E-state index in [9.17, 15) is 0 Å². The lowest BCUT2D eigenvalue weighted by atomic mass is 9.96. The summed E-state index contributed by atoms with van der Waals surface area (Å²) in [5.74, 6) is 0. The number of morpholine rings is 1. The third-order valence-electron chi connectivity index (χ3n) is 6.42. The van der Waals surface area contributed by atoms with Gasteiger partial charge in [-0.3, -0.25) is 9.88 Å². The zero-order valence-corrected chi connectivity index (χ0v) is 19.1. The van der Waals surface area contributed by atoms with E-state index in [1.54, 1.807) is 0 Å². The van der Waals surface area contributed by atoms with E-state index in [0.29, 0.717) is 0 Å². The highest BCUT2D eigenvalue weighted by atomic mass is 32.1. The summed E-state index contributed by atoms with van der Waals surface area (Å²) in [7, 11) is 0. The maximum Gasteiger partial charge on any atom is 0.170 e. The molecular formula is C23H33N5OS. The van der Waals surface area contributed by atoms with Gasteiger partial charge in [0.1, 0.15) is 0 Å². The van der Waals surface area contributed by atoms with Gasteiger partial charge in [0.2, 0.25) is 0 Å². The lowest BCUT2D eigenvalue weighted by molar-refractivity contribution is 0.0365. The predicted octanol–water partition coefficient (Wildman–Crippen LogP) is 3.21. The quantitative estimate of drug-likeness (QED) is 0.685. The smallest absolute Gasteiger partial charge is 0.170 e. The van der Waals surface area contributed by atoms with Gasteiger partial charge in [-0.15, -0.1) is 0 Å². The Hall–Kier alpha value is -1.96. The summed E-state index contributed by atoms with van der Waals surface area (Å²) in [6.45, 7) is 13.4. The molecule has 0 bridgehead atoms. The number of rotatable bonds is 7. The maximum absolute atomic E-state index is 5.82.